The summed E-state index contributed by atoms with van der Waals surface area (Å²) < 4.78 is 26.5. The van der Waals surface area contributed by atoms with Crippen molar-refractivity contribution >= 4 is 34.9 Å². The zero-order valence-corrected chi connectivity index (χ0v) is 17.5. The second kappa shape index (κ2) is 9.84. The van der Waals surface area contributed by atoms with Gasteiger partial charge < -0.3 is 20.9 Å². The number of anilines is 5. The maximum absolute atomic E-state index is 13.2. The third kappa shape index (κ3) is 6.11. The minimum atomic E-state index is -0.770. The minimum Gasteiger partial charge on any atom is -0.357 e. The van der Waals surface area contributed by atoms with E-state index in [0.717, 1.165) is 48.5 Å². The van der Waals surface area contributed by atoms with Crippen molar-refractivity contribution in [1.29, 1.82) is 0 Å². The third-order valence-corrected chi connectivity index (χ3v) is 4.45. The molecule has 0 radical (unpaired) electrons. The molecule has 162 valence electrons. The number of carbonyl (C=O) groups is 1. The molecule has 0 saturated carbocycles. The van der Waals surface area contributed by atoms with Gasteiger partial charge in [0, 0.05) is 48.0 Å². The highest BCUT2D eigenvalue weighted by Crippen LogP contribution is 2.20. The molecular weight excluding hydrogens is 402 g/mol. The minimum absolute atomic E-state index is 0.0221. The van der Waals surface area contributed by atoms with Gasteiger partial charge in [-0.05, 0) is 57.2 Å². The van der Waals surface area contributed by atoms with E-state index in [1.165, 1.54) is 0 Å². The molecule has 3 N–H and O–H groups in total. The highest BCUT2D eigenvalue weighted by Gasteiger charge is 2.09. The summed E-state index contributed by atoms with van der Waals surface area (Å²) in [7, 11) is 0. The van der Waals surface area contributed by atoms with Gasteiger partial charge in [0.2, 0.25) is 5.95 Å². The molecule has 2 amide bonds. The van der Waals surface area contributed by atoms with E-state index in [0.29, 0.717) is 11.6 Å². The van der Waals surface area contributed by atoms with Gasteiger partial charge >= 0.3 is 6.03 Å². The molecule has 0 atom stereocenters. The molecule has 9 heteroatoms. The molecule has 0 spiro atoms. The van der Waals surface area contributed by atoms with Crippen LogP contribution >= 0.6 is 0 Å². The number of hydrogen-bond donors (Lipinski definition) is 3. The van der Waals surface area contributed by atoms with Crippen LogP contribution in [0.5, 0.6) is 0 Å². The number of hydrogen-bond acceptors (Lipinski definition) is 5. The standard InChI is InChI=1S/C22H24F2N6O/c1-4-30(5-2)20-10-14(3)25-21(29-20)26-17-6-8-18(9-7-17)27-22(31)28-19-12-15(23)11-16(24)13-19/h6-13H,4-5H2,1-3H3,(H,25,26,29)(H2,27,28,31). The Bertz CT molecular complexity index is 1030. The van der Waals surface area contributed by atoms with Crippen molar-refractivity contribution < 1.29 is 13.6 Å². The first-order valence-corrected chi connectivity index (χ1v) is 9.88. The fourth-order valence-electron chi connectivity index (χ4n) is 3.00. The number of nitrogens with zero attached hydrogens (tertiary/aromatic N) is 3. The Balaban J connectivity index is 1.64. The Morgan fingerprint density at radius 2 is 1.45 bits per heavy atom. The molecule has 0 aliphatic rings. The van der Waals surface area contributed by atoms with Crippen LogP contribution in [-0.2, 0) is 0 Å². The van der Waals surface area contributed by atoms with E-state index in [2.05, 4.69) is 44.7 Å². The first kappa shape index (κ1) is 21.9. The number of carbonyl (C=O) groups excluding carboxylic acids is 1. The molecule has 0 fully saturated rings. The molecule has 7 nitrogen and oxygen atoms in total. The zero-order valence-electron chi connectivity index (χ0n) is 17.5. The molecule has 31 heavy (non-hydrogen) atoms. The van der Waals surface area contributed by atoms with E-state index in [1.54, 1.807) is 24.3 Å². The maximum atomic E-state index is 13.2. The summed E-state index contributed by atoms with van der Waals surface area (Å²) >= 11 is 0. The van der Waals surface area contributed by atoms with Gasteiger partial charge in [0.1, 0.15) is 17.5 Å². The van der Waals surface area contributed by atoms with E-state index < -0.39 is 17.7 Å². The van der Waals surface area contributed by atoms with Gasteiger partial charge in [-0.1, -0.05) is 0 Å². The normalized spacial score (nSPS) is 10.5. The van der Waals surface area contributed by atoms with Crippen molar-refractivity contribution in [3.8, 4) is 0 Å². The van der Waals surface area contributed by atoms with E-state index >= 15 is 0 Å². The summed E-state index contributed by atoms with van der Waals surface area (Å²) in [4.78, 5) is 23.2. The van der Waals surface area contributed by atoms with Gasteiger partial charge in [-0.25, -0.2) is 18.6 Å². The number of aromatic nitrogens is 2. The summed E-state index contributed by atoms with van der Waals surface area (Å²) in [5.74, 6) is -0.210. The van der Waals surface area contributed by atoms with Gasteiger partial charge in [-0.2, -0.15) is 4.98 Å². The Morgan fingerprint density at radius 3 is 2.06 bits per heavy atom. The van der Waals surface area contributed by atoms with Crippen LogP contribution in [-0.4, -0.2) is 29.1 Å². The van der Waals surface area contributed by atoms with Crippen molar-refractivity contribution in [2.24, 2.45) is 0 Å². The Kier molecular flexibility index (Phi) is 6.96. The first-order chi connectivity index (χ1) is 14.9. The molecule has 1 aromatic heterocycles. The summed E-state index contributed by atoms with van der Waals surface area (Å²) in [6, 6.07) is 11.0. The maximum Gasteiger partial charge on any atom is 0.323 e. The third-order valence-electron chi connectivity index (χ3n) is 4.45. The highest BCUT2D eigenvalue weighted by molar-refractivity contribution is 5.99. The fraction of sp³-hybridized carbons (Fsp3) is 0.227. The van der Waals surface area contributed by atoms with Gasteiger partial charge in [0.15, 0.2) is 0 Å². The topological polar surface area (TPSA) is 82.2 Å². The van der Waals surface area contributed by atoms with Crippen LogP contribution < -0.4 is 20.9 Å². The smallest absolute Gasteiger partial charge is 0.323 e. The lowest BCUT2D eigenvalue weighted by atomic mass is 10.3. The number of halogens is 2. The number of benzene rings is 2. The molecule has 2 aromatic carbocycles. The largest absolute Gasteiger partial charge is 0.357 e. The predicted molar refractivity (Wildman–Crippen MR) is 119 cm³/mol. The summed E-state index contributed by atoms with van der Waals surface area (Å²) in [5.41, 5.74) is 2.13. The lowest BCUT2D eigenvalue weighted by Crippen LogP contribution is -2.23. The molecule has 0 aliphatic carbocycles. The van der Waals surface area contributed by atoms with Crippen molar-refractivity contribution in [1.82, 2.24) is 9.97 Å². The predicted octanol–water partition coefficient (Wildman–Crippen LogP) is 5.30. The van der Waals surface area contributed by atoms with Crippen molar-refractivity contribution in [3.63, 3.8) is 0 Å². The van der Waals surface area contributed by atoms with Crippen LogP contribution in [0, 0.1) is 18.6 Å². The molecule has 0 bridgehead atoms. The van der Waals surface area contributed by atoms with E-state index in [9.17, 15) is 13.6 Å². The molecule has 0 unspecified atom stereocenters. The number of rotatable bonds is 7. The first-order valence-electron chi connectivity index (χ1n) is 9.88. The van der Waals surface area contributed by atoms with Gasteiger partial charge in [0.25, 0.3) is 0 Å². The monoisotopic (exact) mass is 426 g/mol. The fourth-order valence-corrected chi connectivity index (χ4v) is 3.00. The van der Waals surface area contributed by atoms with E-state index in [4.69, 9.17) is 0 Å². The van der Waals surface area contributed by atoms with Gasteiger partial charge in [-0.15, -0.1) is 0 Å². The van der Waals surface area contributed by atoms with Crippen LogP contribution in [0.4, 0.5) is 42.4 Å². The number of urea groups is 1. The number of aryl methyl sites for hydroxylation is 1. The zero-order chi connectivity index (χ0) is 22.4. The Morgan fingerprint density at radius 1 is 0.871 bits per heavy atom. The molecule has 0 aliphatic heterocycles. The Hall–Kier alpha value is -3.75. The van der Waals surface area contributed by atoms with Crippen LogP contribution in [0.3, 0.4) is 0 Å². The second-order valence-corrected chi connectivity index (χ2v) is 6.80. The lowest BCUT2D eigenvalue weighted by Gasteiger charge is -2.20. The average molecular weight is 426 g/mol. The van der Waals surface area contributed by atoms with Gasteiger partial charge in [-0.3, -0.25) is 0 Å². The van der Waals surface area contributed by atoms with Crippen LogP contribution in [0.2, 0.25) is 0 Å². The average Bonchev–Trinajstić information content (AvgIpc) is 2.69. The molecular formula is C22H24F2N6O. The number of amides is 2. The SMILES string of the molecule is CCN(CC)c1cc(C)nc(Nc2ccc(NC(=O)Nc3cc(F)cc(F)c3)cc2)n1. The Labute approximate surface area is 179 Å². The molecule has 3 aromatic rings. The quantitative estimate of drug-likeness (QED) is 0.478. The summed E-state index contributed by atoms with van der Waals surface area (Å²) in [6.45, 7) is 7.74. The summed E-state index contributed by atoms with van der Waals surface area (Å²) in [5, 5.41) is 8.16. The van der Waals surface area contributed by atoms with Crippen molar-refractivity contribution in [2.75, 3.05) is 33.9 Å². The van der Waals surface area contributed by atoms with Crippen LogP contribution in [0.1, 0.15) is 19.5 Å². The van der Waals surface area contributed by atoms with Crippen LogP contribution in [0.25, 0.3) is 0 Å². The van der Waals surface area contributed by atoms with Crippen molar-refractivity contribution in [3.05, 3.63) is 65.9 Å². The number of nitrogens with one attached hydrogen (secondary N) is 3. The molecule has 3 rings (SSSR count). The lowest BCUT2D eigenvalue weighted by molar-refractivity contribution is 0.262. The second-order valence-electron chi connectivity index (χ2n) is 6.80. The van der Waals surface area contributed by atoms with E-state index in [-0.39, 0.29) is 5.69 Å². The molecule has 1 heterocycles. The highest BCUT2D eigenvalue weighted by atomic mass is 19.1. The summed E-state index contributed by atoms with van der Waals surface area (Å²) in [6.07, 6.45) is 0. The van der Waals surface area contributed by atoms with E-state index in [1.807, 2.05) is 13.0 Å². The van der Waals surface area contributed by atoms with Crippen LogP contribution in [0.15, 0.2) is 48.5 Å². The van der Waals surface area contributed by atoms with Gasteiger partial charge in [0.05, 0.1) is 0 Å². The van der Waals surface area contributed by atoms with Crippen molar-refractivity contribution in [2.45, 2.75) is 20.8 Å². The molecule has 0 saturated heterocycles.